The number of amides is 2. The highest BCUT2D eigenvalue weighted by atomic mass is 16.5. The Morgan fingerprint density at radius 2 is 2.44 bits per heavy atom. The highest BCUT2D eigenvalue weighted by Crippen LogP contribution is 2.13. The number of ether oxygens (including phenoxy) is 1. The largest absolute Gasteiger partial charge is 0.448 e. The van der Waals surface area contributed by atoms with Gasteiger partial charge in [-0.25, -0.2) is 9.78 Å². The number of carbonyl (C=O) groups is 2. The Labute approximate surface area is 103 Å². The van der Waals surface area contributed by atoms with Crippen molar-refractivity contribution >= 4 is 17.9 Å². The molecule has 2 amide bonds. The molecule has 8 nitrogen and oxygen atoms in total. The minimum absolute atomic E-state index is 0.0485. The molecule has 2 rings (SSSR count). The SMILES string of the molecule is NC(=O)OCCNC(=O)c1cn2c(n1)NCCC2. The summed E-state index contributed by atoms with van der Waals surface area (Å²) in [4.78, 5) is 26.2. The van der Waals surface area contributed by atoms with Crippen molar-refractivity contribution in [2.75, 3.05) is 25.0 Å². The Kier molecular flexibility index (Phi) is 3.66. The number of carbonyl (C=O) groups excluding carboxylic acids is 2. The van der Waals surface area contributed by atoms with Gasteiger partial charge in [-0.05, 0) is 6.42 Å². The van der Waals surface area contributed by atoms with E-state index in [1.807, 2.05) is 4.57 Å². The molecule has 1 aromatic heterocycles. The first-order valence-corrected chi connectivity index (χ1v) is 5.68. The Morgan fingerprint density at radius 1 is 1.61 bits per heavy atom. The predicted molar refractivity (Wildman–Crippen MR) is 63.2 cm³/mol. The Bertz CT molecular complexity index is 433. The summed E-state index contributed by atoms with van der Waals surface area (Å²) in [5, 5.41) is 5.69. The first kappa shape index (κ1) is 12.2. The van der Waals surface area contributed by atoms with Crippen molar-refractivity contribution in [3.05, 3.63) is 11.9 Å². The smallest absolute Gasteiger partial charge is 0.404 e. The molecule has 18 heavy (non-hydrogen) atoms. The van der Waals surface area contributed by atoms with Crippen LogP contribution < -0.4 is 16.4 Å². The molecule has 0 bridgehead atoms. The van der Waals surface area contributed by atoms with Crippen LogP contribution in [0.2, 0.25) is 0 Å². The molecule has 0 saturated heterocycles. The van der Waals surface area contributed by atoms with E-state index in [0.717, 1.165) is 19.5 Å². The Balaban J connectivity index is 1.85. The van der Waals surface area contributed by atoms with E-state index < -0.39 is 6.09 Å². The van der Waals surface area contributed by atoms with Gasteiger partial charge in [0, 0.05) is 19.3 Å². The maximum absolute atomic E-state index is 11.7. The number of primary amides is 1. The molecule has 98 valence electrons. The van der Waals surface area contributed by atoms with Crippen molar-refractivity contribution < 1.29 is 14.3 Å². The van der Waals surface area contributed by atoms with E-state index in [1.54, 1.807) is 6.20 Å². The molecule has 1 aliphatic heterocycles. The highest BCUT2D eigenvalue weighted by Gasteiger charge is 2.15. The van der Waals surface area contributed by atoms with Crippen LogP contribution in [-0.4, -0.2) is 41.2 Å². The molecule has 0 spiro atoms. The average Bonchev–Trinajstić information content (AvgIpc) is 2.78. The molecule has 0 aliphatic carbocycles. The fourth-order valence-electron chi connectivity index (χ4n) is 1.69. The van der Waals surface area contributed by atoms with Gasteiger partial charge in [-0.1, -0.05) is 0 Å². The lowest BCUT2D eigenvalue weighted by atomic mass is 10.4. The molecule has 1 aliphatic rings. The molecule has 0 unspecified atom stereocenters. The monoisotopic (exact) mass is 253 g/mol. The molecule has 1 aromatic rings. The molecule has 2 heterocycles. The number of nitrogens with one attached hydrogen (secondary N) is 2. The van der Waals surface area contributed by atoms with Gasteiger partial charge < -0.3 is 25.7 Å². The minimum Gasteiger partial charge on any atom is -0.448 e. The molecule has 0 fully saturated rings. The first-order valence-electron chi connectivity index (χ1n) is 5.68. The fraction of sp³-hybridized carbons (Fsp3) is 0.500. The van der Waals surface area contributed by atoms with Gasteiger partial charge >= 0.3 is 6.09 Å². The summed E-state index contributed by atoms with van der Waals surface area (Å²) < 4.78 is 6.40. The number of aryl methyl sites for hydroxylation is 1. The van der Waals surface area contributed by atoms with Crippen molar-refractivity contribution in [2.24, 2.45) is 5.73 Å². The van der Waals surface area contributed by atoms with Crippen LogP contribution in [-0.2, 0) is 11.3 Å². The number of nitrogens with zero attached hydrogens (tertiary/aromatic N) is 2. The zero-order valence-electron chi connectivity index (χ0n) is 9.81. The summed E-state index contributed by atoms with van der Waals surface area (Å²) in [6.07, 6.45) is 1.86. The van der Waals surface area contributed by atoms with Crippen molar-refractivity contribution in [1.82, 2.24) is 14.9 Å². The second-order valence-corrected chi connectivity index (χ2v) is 3.85. The fourth-order valence-corrected chi connectivity index (χ4v) is 1.69. The van der Waals surface area contributed by atoms with Gasteiger partial charge in [0.05, 0.1) is 6.54 Å². The van der Waals surface area contributed by atoms with Crippen molar-refractivity contribution in [3.8, 4) is 0 Å². The van der Waals surface area contributed by atoms with E-state index >= 15 is 0 Å². The number of imidazole rings is 1. The van der Waals surface area contributed by atoms with Crippen LogP contribution >= 0.6 is 0 Å². The summed E-state index contributed by atoms with van der Waals surface area (Å²) in [6, 6.07) is 0. The number of aromatic nitrogens is 2. The molecule has 8 heteroatoms. The molecular weight excluding hydrogens is 238 g/mol. The maximum atomic E-state index is 11.7. The lowest BCUT2D eigenvalue weighted by Crippen LogP contribution is -2.29. The topological polar surface area (TPSA) is 111 Å². The number of hydrogen-bond donors (Lipinski definition) is 3. The van der Waals surface area contributed by atoms with Gasteiger partial charge in [-0.15, -0.1) is 0 Å². The normalized spacial score (nSPS) is 13.3. The summed E-state index contributed by atoms with van der Waals surface area (Å²) in [7, 11) is 0. The van der Waals surface area contributed by atoms with E-state index in [1.165, 1.54) is 0 Å². The number of fused-ring (bicyclic) bond motifs is 1. The number of anilines is 1. The van der Waals surface area contributed by atoms with Gasteiger partial charge in [0.2, 0.25) is 5.95 Å². The van der Waals surface area contributed by atoms with E-state index in [2.05, 4.69) is 20.4 Å². The maximum Gasteiger partial charge on any atom is 0.404 e. The van der Waals surface area contributed by atoms with Crippen LogP contribution in [0.15, 0.2) is 6.20 Å². The molecule has 0 atom stereocenters. The van der Waals surface area contributed by atoms with E-state index in [9.17, 15) is 9.59 Å². The second kappa shape index (κ2) is 5.39. The van der Waals surface area contributed by atoms with Crippen LogP contribution in [0, 0.1) is 0 Å². The van der Waals surface area contributed by atoms with Crippen LogP contribution in [0.4, 0.5) is 10.7 Å². The summed E-state index contributed by atoms with van der Waals surface area (Å²) in [5.74, 6) is 0.409. The highest BCUT2D eigenvalue weighted by molar-refractivity contribution is 5.92. The number of hydrogen-bond acceptors (Lipinski definition) is 5. The molecule has 4 N–H and O–H groups in total. The third-order valence-corrected chi connectivity index (χ3v) is 2.50. The van der Waals surface area contributed by atoms with E-state index in [-0.39, 0.29) is 19.1 Å². The number of nitrogens with two attached hydrogens (primary N) is 1. The van der Waals surface area contributed by atoms with Crippen molar-refractivity contribution in [1.29, 1.82) is 0 Å². The lowest BCUT2D eigenvalue weighted by Gasteiger charge is -2.14. The first-order chi connectivity index (χ1) is 8.66. The molecule has 0 radical (unpaired) electrons. The Hall–Kier alpha value is -2.25. The summed E-state index contributed by atoms with van der Waals surface area (Å²) in [6.45, 7) is 1.97. The average molecular weight is 253 g/mol. The quantitative estimate of drug-likeness (QED) is 0.628. The predicted octanol–water partition coefficient (Wildman–Crippen LogP) is -0.476. The molecular formula is C10H15N5O3. The van der Waals surface area contributed by atoms with Crippen molar-refractivity contribution in [3.63, 3.8) is 0 Å². The van der Waals surface area contributed by atoms with Crippen LogP contribution in [0.5, 0.6) is 0 Å². The van der Waals surface area contributed by atoms with Crippen LogP contribution in [0.1, 0.15) is 16.9 Å². The second-order valence-electron chi connectivity index (χ2n) is 3.85. The van der Waals surface area contributed by atoms with Gasteiger partial charge in [0.15, 0.2) is 0 Å². The summed E-state index contributed by atoms with van der Waals surface area (Å²) in [5.41, 5.74) is 5.13. The minimum atomic E-state index is -0.856. The third-order valence-electron chi connectivity index (χ3n) is 2.50. The Morgan fingerprint density at radius 3 is 3.17 bits per heavy atom. The third kappa shape index (κ3) is 2.90. The van der Waals surface area contributed by atoms with Crippen LogP contribution in [0.25, 0.3) is 0 Å². The molecule has 0 aromatic carbocycles. The van der Waals surface area contributed by atoms with Gasteiger partial charge in [0.1, 0.15) is 12.3 Å². The van der Waals surface area contributed by atoms with E-state index in [0.29, 0.717) is 11.6 Å². The van der Waals surface area contributed by atoms with Crippen LogP contribution in [0.3, 0.4) is 0 Å². The van der Waals surface area contributed by atoms with Gasteiger partial charge in [-0.3, -0.25) is 4.79 Å². The zero-order valence-corrected chi connectivity index (χ0v) is 9.81. The van der Waals surface area contributed by atoms with Crippen molar-refractivity contribution in [2.45, 2.75) is 13.0 Å². The van der Waals surface area contributed by atoms with Gasteiger partial charge in [0.25, 0.3) is 5.91 Å². The standard InChI is InChI=1S/C10H15N5O3/c11-9(17)18-5-3-12-8(16)7-6-15-4-1-2-13-10(15)14-7/h6H,1-5H2,(H2,11,17)(H,12,16)(H,13,14). The number of rotatable bonds is 4. The van der Waals surface area contributed by atoms with E-state index in [4.69, 9.17) is 5.73 Å². The summed E-state index contributed by atoms with van der Waals surface area (Å²) >= 11 is 0. The lowest BCUT2D eigenvalue weighted by molar-refractivity contribution is 0.0932. The van der Waals surface area contributed by atoms with Gasteiger partial charge in [-0.2, -0.15) is 0 Å². The zero-order chi connectivity index (χ0) is 13.0. The molecule has 0 saturated carbocycles.